The molecule has 2 bridgehead atoms. The lowest BCUT2D eigenvalue weighted by atomic mass is 9.71. The summed E-state index contributed by atoms with van der Waals surface area (Å²) in [5.74, 6) is 0.948. The second-order valence-corrected chi connectivity index (χ2v) is 9.92. The Balaban J connectivity index is 1.45. The first kappa shape index (κ1) is 16.7. The van der Waals surface area contributed by atoms with Gasteiger partial charge in [0.25, 0.3) is 0 Å². The zero-order valence-electron chi connectivity index (χ0n) is 15.7. The molecule has 4 aliphatic rings. The molecule has 0 aromatic carbocycles. The summed E-state index contributed by atoms with van der Waals surface area (Å²) in [6.45, 7) is 20.6. The lowest BCUT2D eigenvalue weighted by Gasteiger charge is -2.61. The Kier molecular flexibility index (Phi) is 4.37. The van der Waals surface area contributed by atoms with Gasteiger partial charge in [0.2, 0.25) is 0 Å². The van der Waals surface area contributed by atoms with Crippen LogP contribution < -0.4 is 0 Å². The first-order valence-corrected chi connectivity index (χ1v) is 9.40. The third-order valence-corrected chi connectivity index (χ3v) is 6.15. The molecule has 3 aliphatic heterocycles. The molecule has 128 valence electrons. The molecular formula is C19H37N3. The van der Waals surface area contributed by atoms with E-state index in [4.69, 9.17) is 0 Å². The molecule has 0 amide bonds. The molecule has 0 aromatic heterocycles. The maximum atomic E-state index is 2.79. The van der Waals surface area contributed by atoms with Crippen LogP contribution in [0.2, 0.25) is 0 Å². The van der Waals surface area contributed by atoms with Crippen LogP contribution in [0.4, 0.5) is 0 Å². The van der Waals surface area contributed by atoms with Crippen LogP contribution in [0.25, 0.3) is 0 Å². The van der Waals surface area contributed by atoms with Gasteiger partial charge in [-0.1, -0.05) is 0 Å². The summed E-state index contributed by atoms with van der Waals surface area (Å²) in [7, 11) is 0. The van der Waals surface area contributed by atoms with Crippen LogP contribution in [0.15, 0.2) is 0 Å². The SMILES string of the molecule is CC(C)(C)N1CCN(CC2CC3CC(C2)N3C(C)(C)C)CC1. The van der Waals surface area contributed by atoms with Crippen LogP contribution in [-0.4, -0.2) is 70.6 Å². The fourth-order valence-corrected chi connectivity index (χ4v) is 5.20. The van der Waals surface area contributed by atoms with Gasteiger partial charge in [0.15, 0.2) is 0 Å². The quantitative estimate of drug-likeness (QED) is 0.776. The van der Waals surface area contributed by atoms with Crippen LogP contribution in [0, 0.1) is 5.92 Å². The summed E-state index contributed by atoms with van der Waals surface area (Å²) in [6, 6.07) is 1.75. The van der Waals surface area contributed by atoms with Gasteiger partial charge in [-0.15, -0.1) is 0 Å². The molecular weight excluding hydrogens is 270 g/mol. The van der Waals surface area contributed by atoms with Crippen molar-refractivity contribution in [2.45, 2.75) is 84.0 Å². The molecule has 3 saturated heterocycles. The Labute approximate surface area is 138 Å². The van der Waals surface area contributed by atoms with Crippen molar-refractivity contribution in [3.63, 3.8) is 0 Å². The number of rotatable bonds is 2. The van der Waals surface area contributed by atoms with E-state index >= 15 is 0 Å². The number of piperazine rings is 1. The van der Waals surface area contributed by atoms with E-state index in [9.17, 15) is 0 Å². The van der Waals surface area contributed by atoms with Gasteiger partial charge in [0.05, 0.1) is 0 Å². The van der Waals surface area contributed by atoms with Crippen molar-refractivity contribution < 1.29 is 0 Å². The Hall–Kier alpha value is -0.120. The maximum absolute atomic E-state index is 2.79. The van der Waals surface area contributed by atoms with Gasteiger partial charge in [-0.2, -0.15) is 0 Å². The summed E-state index contributed by atoms with van der Waals surface area (Å²) in [5, 5.41) is 0. The molecule has 4 rings (SSSR count). The second kappa shape index (κ2) is 5.75. The van der Waals surface area contributed by atoms with Crippen molar-refractivity contribution in [3.05, 3.63) is 0 Å². The summed E-state index contributed by atoms with van der Waals surface area (Å²) >= 11 is 0. The second-order valence-electron chi connectivity index (χ2n) is 9.92. The minimum atomic E-state index is 0.339. The van der Waals surface area contributed by atoms with Crippen LogP contribution in [0.1, 0.15) is 60.8 Å². The molecule has 0 N–H and O–H groups in total. The van der Waals surface area contributed by atoms with E-state index in [1.807, 2.05) is 0 Å². The number of hydrogen-bond acceptors (Lipinski definition) is 3. The van der Waals surface area contributed by atoms with Crippen molar-refractivity contribution in [3.8, 4) is 0 Å². The molecule has 3 heterocycles. The van der Waals surface area contributed by atoms with E-state index in [1.165, 1.54) is 52.0 Å². The van der Waals surface area contributed by atoms with Crippen LogP contribution in [-0.2, 0) is 0 Å². The molecule has 2 unspecified atom stereocenters. The lowest BCUT2D eigenvalue weighted by Crippen LogP contribution is -2.67. The zero-order chi connectivity index (χ0) is 16.1. The van der Waals surface area contributed by atoms with E-state index in [0.717, 1.165) is 18.0 Å². The van der Waals surface area contributed by atoms with Gasteiger partial charge >= 0.3 is 0 Å². The Morgan fingerprint density at radius 3 is 1.73 bits per heavy atom. The third kappa shape index (κ3) is 3.37. The number of piperidine rings is 1. The van der Waals surface area contributed by atoms with E-state index < -0.39 is 0 Å². The molecule has 3 nitrogen and oxygen atoms in total. The standard InChI is InChI=1S/C19H37N3/c1-18(2,3)21-9-7-20(8-10-21)14-15-11-16-13-17(12-15)22(16)19(4,5)6/h15-17H,7-14H2,1-6H3. The van der Waals surface area contributed by atoms with Gasteiger partial charge in [0, 0.05) is 55.9 Å². The number of fused-ring (bicyclic) bond motifs is 2. The van der Waals surface area contributed by atoms with Crippen molar-refractivity contribution in [1.82, 2.24) is 14.7 Å². The summed E-state index contributed by atoms with van der Waals surface area (Å²) in [6.07, 6.45) is 4.34. The third-order valence-electron chi connectivity index (χ3n) is 6.15. The first-order chi connectivity index (χ1) is 10.1. The smallest absolute Gasteiger partial charge is 0.0130 e. The summed E-state index contributed by atoms with van der Waals surface area (Å²) in [5.41, 5.74) is 0.711. The fourth-order valence-electron chi connectivity index (χ4n) is 5.20. The predicted octanol–water partition coefficient (Wildman–Crippen LogP) is 3.05. The summed E-state index contributed by atoms with van der Waals surface area (Å²) in [4.78, 5) is 8.17. The van der Waals surface area contributed by atoms with Gasteiger partial charge in [-0.25, -0.2) is 0 Å². The number of nitrogens with zero attached hydrogens (tertiary/aromatic N) is 3. The van der Waals surface area contributed by atoms with Crippen molar-refractivity contribution in [2.24, 2.45) is 5.92 Å². The lowest BCUT2D eigenvalue weighted by molar-refractivity contribution is -0.112. The fraction of sp³-hybridized carbons (Fsp3) is 1.00. The monoisotopic (exact) mass is 307 g/mol. The zero-order valence-corrected chi connectivity index (χ0v) is 15.7. The minimum Gasteiger partial charge on any atom is -0.301 e. The van der Waals surface area contributed by atoms with Crippen LogP contribution in [0.5, 0.6) is 0 Å². The highest BCUT2D eigenvalue weighted by atomic mass is 15.3. The largest absolute Gasteiger partial charge is 0.301 e. The van der Waals surface area contributed by atoms with Crippen molar-refractivity contribution in [1.29, 1.82) is 0 Å². The maximum Gasteiger partial charge on any atom is 0.0130 e. The minimum absolute atomic E-state index is 0.339. The van der Waals surface area contributed by atoms with Crippen molar-refractivity contribution >= 4 is 0 Å². The molecule has 3 heteroatoms. The highest BCUT2D eigenvalue weighted by Crippen LogP contribution is 2.45. The average molecular weight is 308 g/mol. The molecule has 4 fully saturated rings. The normalized spacial score (nSPS) is 35.5. The van der Waals surface area contributed by atoms with E-state index in [2.05, 4.69) is 56.2 Å². The van der Waals surface area contributed by atoms with Gasteiger partial charge in [-0.05, 0) is 66.7 Å². The topological polar surface area (TPSA) is 9.72 Å². The predicted molar refractivity (Wildman–Crippen MR) is 94.3 cm³/mol. The van der Waals surface area contributed by atoms with Crippen LogP contribution >= 0.6 is 0 Å². The Bertz CT molecular complexity index is 372. The van der Waals surface area contributed by atoms with E-state index in [-0.39, 0.29) is 0 Å². The van der Waals surface area contributed by atoms with Gasteiger partial charge in [-0.3, -0.25) is 9.80 Å². The molecule has 1 aliphatic carbocycles. The summed E-state index contributed by atoms with van der Waals surface area (Å²) < 4.78 is 0. The molecule has 0 aromatic rings. The molecule has 0 radical (unpaired) electrons. The van der Waals surface area contributed by atoms with Gasteiger partial charge < -0.3 is 4.90 Å². The Morgan fingerprint density at radius 2 is 1.27 bits per heavy atom. The molecule has 1 saturated carbocycles. The molecule has 2 atom stereocenters. The first-order valence-electron chi connectivity index (χ1n) is 9.40. The Morgan fingerprint density at radius 1 is 0.727 bits per heavy atom. The highest BCUT2D eigenvalue weighted by Gasteiger charge is 2.49. The van der Waals surface area contributed by atoms with Crippen LogP contribution in [0.3, 0.4) is 0 Å². The van der Waals surface area contributed by atoms with E-state index in [1.54, 1.807) is 0 Å². The molecule has 22 heavy (non-hydrogen) atoms. The molecule has 0 spiro atoms. The highest BCUT2D eigenvalue weighted by molar-refractivity contribution is 5.04. The van der Waals surface area contributed by atoms with Gasteiger partial charge in [0.1, 0.15) is 0 Å². The number of hydrogen-bond donors (Lipinski definition) is 0. The van der Waals surface area contributed by atoms with Crippen molar-refractivity contribution in [2.75, 3.05) is 32.7 Å². The van der Waals surface area contributed by atoms with E-state index in [0.29, 0.717) is 11.1 Å². The average Bonchev–Trinajstić information content (AvgIpc) is 2.36.